The molecule has 3 aromatic rings. The SMILES string of the molecule is COc1cc(/C=C\c2ccc(OC(F)F)c(OCc3ccccc3)c2)cc(OC)c1OC. The van der Waals surface area contributed by atoms with E-state index in [1.54, 1.807) is 38.5 Å². The molecule has 32 heavy (non-hydrogen) atoms. The second-order valence-corrected chi connectivity index (χ2v) is 6.65. The van der Waals surface area contributed by atoms with Crippen LogP contribution in [0.4, 0.5) is 8.78 Å². The molecule has 0 spiro atoms. The number of halogens is 2. The van der Waals surface area contributed by atoms with E-state index in [9.17, 15) is 8.78 Å². The second-order valence-electron chi connectivity index (χ2n) is 6.65. The molecule has 7 heteroatoms. The molecule has 0 aromatic heterocycles. The van der Waals surface area contributed by atoms with Gasteiger partial charge < -0.3 is 23.7 Å². The first kappa shape index (κ1) is 22.9. The largest absolute Gasteiger partial charge is 0.493 e. The molecule has 0 amide bonds. The molecule has 0 saturated heterocycles. The maximum absolute atomic E-state index is 12.8. The summed E-state index contributed by atoms with van der Waals surface area (Å²) in [4.78, 5) is 0. The molecule has 0 N–H and O–H groups in total. The molecule has 0 unspecified atom stereocenters. The van der Waals surface area contributed by atoms with E-state index >= 15 is 0 Å². The third-order valence-corrected chi connectivity index (χ3v) is 4.58. The molecule has 0 bridgehead atoms. The van der Waals surface area contributed by atoms with Crippen molar-refractivity contribution in [2.24, 2.45) is 0 Å². The molecule has 0 saturated carbocycles. The topological polar surface area (TPSA) is 46.2 Å². The van der Waals surface area contributed by atoms with Crippen molar-refractivity contribution in [2.75, 3.05) is 21.3 Å². The van der Waals surface area contributed by atoms with Crippen molar-refractivity contribution < 1.29 is 32.5 Å². The summed E-state index contributed by atoms with van der Waals surface area (Å²) in [5, 5.41) is 0. The monoisotopic (exact) mass is 442 g/mol. The predicted octanol–water partition coefficient (Wildman–Crippen LogP) is 6.06. The molecule has 0 aliphatic heterocycles. The van der Waals surface area contributed by atoms with Crippen molar-refractivity contribution in [3.8, 4) is 28.7 Å². The Hall–Kier alpha value is -3.74. The summed E-state index contributed by atoms with van der Waals surface area (Å²) in [5.41, 5.74) is 2.46. The lowest BCUT2D eigenvalue weighted by Gasteiger charge is -2.13. The van der Waals surface area contributed by atoms with Crippen LogP contribution in [-0.4, -0.2) is 27.9 Å². The summed E-state index contributed by atoms with van der Waals surface area (Å²) >= 11 is 0. The molecule has 168 valence electrons. The van der Waals surface area contributed by atoms with Crippen molar-refractivity contribution >= 4 is 12.2 Å². The van der Waals surface area contributed by atoms with Crippen LogP contribution in [0.2, 0.25) is 0 Å². The van der Waals surface area contributed by atoms with E-state index in [2.05, 4.69) is 4.74 Å². The minimum atomic E-state index is -2.95. The van der Waals surface area contributed by atoms with Gasteiger partial charge in [-0.3, -0.25) is 0 Å². The van der Waals surface area contributed by atoms with E-state index in [4.69, 9.17) is 18.9 Å². The summed E-state index contributed by atoms with van der Waals surface area (Å²) in [6.45, 7) is -2.73. The summed E-state index contributed by atoms with van der Waals surface area (Å²) in [7, 11) is 4.63. The Kier molecular flexibility index (Phi) is 7.91. The van der Waals surface area contributed by atoms with Gasteiger partial charge in [-0.2, -0.15) is 8.78 Å². The smallest absolute Gasteiger partial charge is 0.387 e. The fourth-order valence-electron chi connectivity index (χ4n) is 3.06. The molecular weight excluding hydrogens is 418 g/mol. The third kappa shape index (κ3) is 5.91. The van der Waals surface area contributed by atoms with Crippen LogP contribution in [0.1, 0.15) is 16.7 Å². The Bertz CT molecular complexity index is 1030. The Balaban J connectivity index is 1.86. The zero-order valence-corrected chi connectivity index (χ0v) is 18.0. The van der Waals surface area contributed by atoms with Crippen molar-refractivity contribution in [1.29, 1.82) is 0 Å². The molecule has 0 heterocycles. The number of hydrogen-bond acceptors (Lipinski definition) is 5. The summed E-state index contributed by atoms with van der Waals surface area (Å²) in [6, 6.07) is 17.8. The lowest BCUT2D eigenvalue weighted by atomic mass is 10.1. The second kappa shape index (κ2) is 11.0. The molecule has 0 atom stereocenters. The van der Waals surface area contributed by atoms with E-state index in [1.807, 2.05) is 42.5 Å². The van der Waals surface area contributed by atoms with Gasteiger partial charge in [0.1, 0.15) is 6.61 Å². The van der Waals surface area contributed by atoms with Gasteiger partial charge in [0, 0.05) is 0 Å². The van der Waals surface area contributed by atoms with E-state index in [-0.39, 0.29) is 18.1 Å². The van der Waals surface area contributed by atoms with E-state index in [0.717, 1.165) is 16.7 Å². The Morgan fingerprint density at radius 3 is 1.94 bits per heavy atom. The summed E-state index contributed by atoms with van der Waals surface area (Å²) in [6.07, 6.45) is 3.66. The van der Waals surface area contributed by atoms with Gasteiger partial charge in [0.05, 0.1) is 21.3 Å². The van der Waals surface area contributed by atoms with E-state index in [1.165, 1.54) is 13.2 Å². The highest BCUT2D eigenvalue weighted by molar-refractivity contribution is 5.73. The number of ether oxygens (including phenoxy) is 5. The Morgan fingerprint density at radius 1 is 0.719 bits per heavy atom. The number of methoxy groups -OCH3 is 3. The fraction of sp³-hybridized carbons (Fsp3) is 0.200. The minimum absolute atomic E-state index is 0.0270. The van der Waals surface area contributed by atoms with Crippen LogP contribution < -0.4 is 23.7 Å². The van der Waals surface area contributed by atoms with Crippen LogP contribution in [0, 0.1) is 0 Å². The molecule has 3 rings (SSSR count). The van der Waals surface area contributed by atoms with Gasteiger partial charge in [-0.1, -0.05) is 48.6 Å². The molecule has 0 radical (unpaired) electrons. The van der Waals surface area contributed by atoms with Gasteiger partial charge in [0.15, 0.2) is 23.0 Å². The van der Waals surface area contributed by atoms with Crippen LogP contribution >= 0.6 is 0 Å². The highest BCUT2D eigenvalue weighted by Gasteiger charge is 2.13. The number of benzene rings is 3. The van der Waals surface area contributed by atoms with Crippen LogP contribution in [0.15, 0.2) is 60.7 Å². The molecule has 0 aliphatic carbocycles. The molecule has 0 fully saturated rings. The highest BCUT2D eigenvalue weighted by Crippen LogP contribution is 2.39. The number of hydrogen-bond donors (Lipinski definition) is 0. The van der Waals surface area contributed by atoms with Crippen LogP contribution in [-0.2, 0) is 6.61 Å². The maximum atomic E-state index is 12.8. The van der Waals surface area contributed by atoms with Crippen LogP contribution in [0.3, 0.4) is 0 Å². The number of rotatable bonds is 10. The predicted molar refractivity (Wildman–Crippen MR) is 119 cm³/mol. The molecule has 5 nitrogen and oxygen atoms in total. The zero-order valence-electron chi connectivity index (χ0n) is 18.0. The quantitative estimate of drug-likeness (QED) is 0.357. The van der Waals surface area contributed by atoms with Gasteiger partial charge >= 0.3 is 6.61 Å². The van der Waals surface area contributed by atoms with Gasteiger partial charge in [0.2, 0.25) is 5.75 Å². The standard InChI is InChI=1S/C25H24F2O5/c1-28-22-14-19(15-23(29-2)24(22)30-3)10-9-17-11-12-20(32-25(26)27)21(13-17)31-16-18-7-5-4-6-8-18/h4-15,25H,16H2,1-3H3/b10-9-. The first-order valence-corrected chi connectivity index (χ1v) is 9.77. The Labute approximate surface area is 185 Å². The van der Waals surface area contributed by atoms with E-state index in [0.29, 0.717) is 17.2 Å². The highest BCUT2D eigenvalue weighted by atomic mass is 19.3. The lowest BCUT2D eigenvalue weighted by Crippen LogP contribution is -2.05. The first-order valence-electron chi connectivity index (χ1n) is 9.77. The molecular formula is C25H24F2O5. The fourth-order valence-corrected chi connectivity index (χ4v) is 3.06. The maximum Gasteiger partial charge on any atom is 0.387 e. The van der Waals surface area contributed by atoms with Gasteiger partial charge in [-0.05, 0) is 41.0 Å². The van der Waals surface area contributed by atoms with E-state index < -0.39 is 6.61 Å². The Morgan fingerprint density at radius 2 is 1.34 bits per heavy atom. The number of alkyl halides is 2. The average molecular weight is 442 g/mol. The zero-order chi connectivity index (χ0) is 22.9. The van der Waals surface area contributed by atoms with Gasteiger partial charge in [0.25, 0.3) is 0 Å². The van der Waals surface area contributed by atoms with Crippen molar-refractivity contribution in [2.45, 2.75) is 13.2 Å². The first-order chi connectivity index (χ1) is 15.5. The van der Waals surface area contributed by atoms with Crippen LogP contribution in [0.25, 0.3) is 12.2 Å². The summed E-state index contributed by atoms with van der Waals surface area (Å²) < 4.78 is 52.1. The normalized spacial score (nSPS) is 10.9. The lowest BCUT2D eigenvalue weighted by molar-refractivity contribution is -0.0516. The van der Waals surface area contributed by atoms with Crippen molar-refractivity contribution in [3.05, 3.63) is 77.4 Å². The van der Waals surface area contributed by atoms with Crippen molar-refractivity contribution in [3.63, 3.8) is 0 Å². The molecule has 0 aliphatic rings. The summed E-state index contributed by atoms with van der Waals surface area (Å²) in [5.74, 6) is 1.75. The average Bonchev–Trinajstić information content (AvgIpc) is 2.82. The third-order valence-electron chi connectivity index (χ3n) is 4.58. The van der Waals surface area contributed by atoms with Gasteiger partial charge in [-0.25, -0.2) is 0 Å². The van der Waals surface area contributed by atoms with Gasteiger partial charge in [-0.15, -0.1) is 0 Å². The molecule has 3 aromatic carbocycles. The van der Waals surface area contributed by atoms with Crippen molar-refractivity contribution in [1.82, 2.24) is 0 Å². The van der Waals surface area contributed by atoms with Crippen LogP contribution in [0.5, 0.6) is 28.7 Å². The minimum Gasteiger partial charge on any atom is -0.493 e.